The molecule has 0 saturated carbocycles. The van der Waals surface area contributed by atoms with Crippen LogP contribution < -0.4 is 20.7 Å². The topological polar surface area (TPSA) is 93.1 Å². The van der Waals surface area contributed by atoms with Crippen molar-refractivity contribution in [2.45, 2.75) is 6.92 Å². The number of carbonyl (C=O) groups is 1. The van der Waals surface area contributed by atoms with Crippen LogP contribution in [0, 0.1) is 6.92 Å². The second-order valence-corrected chi connectivity index (χ2v) is 5.84. The molecule has 27 heavy (non-hydrogen) atoms. The highest BCUT2D eigenvalue weighted by atomic mass is 16.5. The molecule has 2 heterocycles. The first-order valence-electron chi connectivity index (χ1n) is 8.54. The minimum atomic E-state index is -0.263. The molecule has 3 N–H and O–H groups in total. The zero-order valence-corrected chi connectivity index (χ0v) is 15.3. The van der Waals surface area contributed by atoms with Gasteiger partial charge in [-0.25, -0.2) is 14.8 Å². The Morgan fingerprint density at radius 1 is 1.15 bits per heavy atom. The average molecular weight is 366 g/mol. The van der Waals surface area contributed by atoms with Crippen molar-refractivity contribution in [3.8, 4) is 11.6 Å². The Hall–Kier alpha value is -3.55. The number of carbonyl (C=O) groups excluding carboxylic acids is 1. The first kappa shape index (κ1) is 18.2. The number of aryl methyl sites for hydroxylation is 1. The Labute approximate surface area is 157 Å². The van der Waals surface area contributed by atoms with E-state index < -0.39 is 0 Å². The van der Waals surface area contributed by atoms with E-state index >= 15 is 0 Å². The van der Waals surface area contributed by atoms with Gasteiger partial charge < -0.3 is 25.3 Å². The van der Waals surface area contributed by atoms with Crippen LogP contribution in [-0.4, -0.2) is 40.8 Å². The summed E-state index contributed by atoms with van der Waals surface area (Å²) in [7, 11) is 1.61. The molecule has 8 heteroatoms. The number of methoxy groups -OCH3 is 1. The summed E-state index contributed by atoms with van der Waals surface area (Å²) in [6.45, 7) is 2.90. The number of nitrogens with one attached hydrogen (secondary N) is 3. The molecule has 0 atom stereocenters. The van der Waals surface area contributed by atoms with E-state index in [0.717, 1.165) is 22.8 Å². The number of rotatable bonds is 7. The Bertz CT molecular complexity index is 895. The molecule has 0 fully saturated rings. The van der Waals surface area contributed by atoms with Gasteiger partial charge in [-0.1, -0.05) is 0 Å². The van der Waals surface area contributed by atoms with Gasteiger partial charge in [0.25, 0.3) is 0 Å². The molecule has 0 spiro atoms. The Morgan fingerprint density at radius 2 is 1.96 bits per heavy atom. The molecule has 2 aromatic heterocycles. The lowest BCUT2D eigenvalue weighted by Crippen LogP contribution is -2.32. The highest BCUT2D eigenvalue weighted by Crippen LogP contribution is 2.20. The molecule has 0 radical (unpaired) electrons. The third-order valence-electron chi connectivity index (χ3n) is 3.92. The molecule has 0 unspecified atom stereocenters. The molecule has 0 aliphatic rings. The summed E-state index contributed by atoms with van der Waals surface area (Å²) < 4.78 is 7.06. The van der Waals surface area contributed by atoms with E-state index in [1.54, 1.807) is 7.11 Å². The van der Waals surface area contributed by atoms with Crippen LogP contribution in [0.5, 0.6) is 5.75 Å². The van der Waals surface area contributed by atoms with Crippen LogP contribution in [0.15, 0.2) is 55.1 Å². The van der Waals surface area contributed by atoms with Gasteiger partial charge in [0.05, 0.1) is 7.11 Å². The zero-order chi connectivity index (χ0) is 19.1. The first-order chi connectivity index (χ1) is 13.2. The van der Waals surface area contributed by atoms with Crippen LogP contribution in [0.1, 0.15) is 5.56 Å². The van der Waals surface area contributed by atoms with Crippen molar-refractivity contribution in [1.82, 2.24) is 19.9 Å². The van der Waals surface area contributed by atoms with E-state index in [-0.39, 0.29) is 6.03 Å². The predicted molar refractivity (Wildman–Crippen MR) is 105 cm³/mol. The van der Waals surface area contributed by atoms with Crippen LogP contribution in [0.2, 0.25) is 0 Å². The minimum Gasteiger partial charge on any atom is -0.497 e. The fourth-order valence-electron chi connectivity index (χ4n) is 2.51. The van der Waals surface area contributed by atoms with Gasteiger partial charge in [-0.05, 0) is 42.8 Å². The van der Waals surface area contributed by atoms with E-state index in [2.05, 4.69) is 25.9 Å². The van der Waals surface area contributed by atoms with Crippen molar-refractivity contribution in [2.75, 3.05) is 30.8 Å². The summed E-state index contributed by atoms with van der Waals surface area (Å²) in [6, 6.07) is 10.9. The molecule has 3 aromatic rings. The largest absolute Gasteiger partial charge is 0.497 e. The first-order valence-corrected chi connectivity index (χ1v) is 8.54. The zero-order valence-electron chi connectivity index (χ0n) is 15.3. The van der Waals surface area contributed by atoms with E-state index in [4.69, 9.17) is 4.74 Å². The summed E-state index contributed by atoms with van der Waals surface area (Å²) in [5, 5.41) is 8.80. The summed E-state index contributed by atoms with van der Waals surface area (Å²) in [6.07, 6.45) is 5.34. The van der Waals surface area contributed by atoms with Crippen LogP contribution in [0.3, 0.4) is 0 Å². The van der Waals surface area contributed by atoms with Crippen LogP contribution >= 0.6 is 0 Å². The molecular formula is C19H22N6O2. The smallest absolute Gasteiger partial charge is 0.319 e. The van der Waals surface area contributed by atoms with E-state index in [9.17, 15) is 4.79 Å². The van der Waals surface area contributed by atoms with Gasteiger partial charge in [0.15, 0.2) is 0 Å². The maximum atomic E-state index is 12.0. The van der Waals surface area contributed by atoms with E-state index in [1.165, 1.54) is 6.33 Å². The molecule has 0 aliphatic carbocycles. The molecule has 8 nitrogen and oxygen atoms in total. The molecular weight excluding hydrogens is 344 g/mol. The summed E-state index contributed by atoms with van der Waals surface area (Å²) in [4.78, 5) is 20.4. The van der Waals surface area contributed by atoms with Gasteiger partial charge in [-0.15, -0.1) is 0 Å². The number of hydrogen-bond donors (Lipinski definition) is 3. The fraction of sp³-hybridized carbons (Fsp3) is 0.211. The monoisotopic (exact) mass is 366 g/mol. The maximum absolute atomic E-state index is 12.0. The standard InChI is InChI=1S/C19H22N6O2/c1-14-11-15(27-2)5-6-16(14)24-19(26)21-8-7-20-17-12-18(23-13-22-17)25-9-3-4-10-25/h3-6,9-13H,7-8H2,1-2H3,(H,20,22,23)(H2,21,24,26). The molecule has 2 amide bonds. The molecule has 3 rings (SSSR count). The van der Waals surface area contributed by atoms with Gasteiger partial charge in [0.2, 0.25) is 0 Å². The third kappa shape index (κ3) is 4.97. The Kier molecular flexibility index (Phi) is 5.88. The maximum Gasteiger partial charge on any atom is 0.319 e. The number of ether oxygens (including phenoxy) is 1. The van der Waals surface area contributed by atoms with Crippen molar-refractivity contribution >= 4 is 17.5 Å². The molecule has 140 valence electrons. The summed E-state index contributed by atoms with van der Waals surface area (Å²) in [5.74, 6) is 2.23. The molecule has 0 saturated heterocycles. The van der Waals surface area contributed by atoms with E-state index in [1.807, 2.05) is 60.3 Å². The van der Waals surface area contributed by atoms with Gasteiger partial charge in [0, 0.05) is 37.2 Å². The van der Waals surface area contributed by atoms with Crippen LogP contribution in [0.25, 0.3) is 5.82 Å². The number of amides is 2. The Balaban J connectivity index is 1.45. The predicted octanol–water partition coefficient (Wildman–Crippen LogP) is 2.82. The second-order valence-electron chi connectivity index (χ2n) is 5.84. The van der Waals surface area contributed by atoms with Gasteiger partial charge >= 0.3 is 6.03 Å². The Morgan fingerprint density at radius 3 is 2.70 bits per heavy atom. The quantitative estimate of drug-likeness (QED) is 0.559. The SMILES string of the molecule is COc1ccc(NC(=O)NCCNc2cc(-n3cccc3)ncn2)c(C)c1. The van der Waals surface area contributed by atoms with Gasteiger partial charge in [0.1, 0.15) is 23.7 Å². The van der Waals surface area contributed by atoms with Crippen molar-refractivity contribution in [2.24, 2.45) is 0 Å². The highest BCUT2D eigenvalue weighted by Gasteiger charge is 2.05. The number of urea groups is 1. The number of nitrogens with zero attached hydrogens (tertiary/aromatic N) is 3. The number of benzene rings is 1. The number of aromatic nitrogens is 3. The van der Waals surface area contributed by atoms with Gasteiger partial charge in [-0.2, -0.15) is 0 Å². The fourth-order valence-corrected chi connectivity index (χ4v) is 2.51. The highest BCUT2D eigenvalue weighted by molar-refractivity contribution is 5.90. The number of anilines is 2. The lowest BCUT2D eigenvalue weighted by atomic mass is 10.2. The van der Waals surface area contributed by atoms with Crippen molar-refractivity contribution in [1.29, 1.82) is 0 Å². The molecule has 1 aromatic carbocycles. The van der Waals surface area contributed by atoms with Gasteiger partial charge in [-0.3, -0.25) is 0 Å². The summed E-state index contributed by atoms with van der Waals surface area (Å²) >= 11 is 0. The number of hydrogen-bond acceptors (Lipinski definition) is 5. The normalized spacial score (nSPS) is 10.3. The third-order valence-corrected chi connectivity index (χ3v) is 3.92. The molecule has 0 aliphatic heterocycles. The summed E-state index contributed by atoms with van der Waals surface area (Å²) in [5.41, 5.74) is 1.68. The van der Waals surface area contributed by atoms with Crippen molar-refractivity contribution in [3.63, 3.8) is 0 Å². The lowest BCUT2D eigenvalue weighted by molar-refractivity contribution is 0.252. The van der Waals surface area contributed by atoms with Crippen molar-refractivity contribution < 1.29 is 9.53 Å². The van der Waals surface area contributed by atoms with E-state index in [0.29, 0.717) is 18.9 Å². The van der Waals surface area contributed by atoms with Crippen molar-refractivity contribution in [3.05, 3.63) is 60.7 Å². The molecule has 0 bridgehead atoms. The second kappa shape index (κ2) is 8.70. The lowest BCUT2D eigenvalue weighted by Gasteiger charge is -2.12. The van der Waals surface area contributed by atoms with Crippen LogP contribution in [-0.2, 0) is 0 Å². The average Bonchev–Trinajstić information content (AvgIpc) is 3.22. The van der Waals surface area contributed by atoms with Crippen LogP contribution in [0.4, 0.5) is 16.3 Å². The minimum absolute atomic E-state index is 0.263.